The number of benzene rings is 2. The fourth-order valence-corrected chi connectivity index (χ4v) is 3.12. The number of halogens is 3. The Hall–Kier alpha value is -1.23. The molecule has 0 radical (unpaired) electrons. The first-order valence-corrected chi connectivity index (χ1v) is 7.57. The van der Waals surface area contributed by atoms with Crippen LogP contribution in [0.3, 0.4) is 0 Å². The molecule has 3 nitrogen and oxygen atoms in total. The highest BCUT2D eigenvalue weighted by atomic mass is 79.9. The van der Waals surface area contributed by atoms with Gasteiger partial charge in [-0.05, 0) is 39.2 Å². The molecular formula is C15H11BrCl2O3. The summed E-state index contributed by atoms with van der Waals surface area (Å²) in [4.78, 5) is 10.6. The molecule has 0 bridgehead atoms. The van der Waals surface area contributed by atoms with Crippen molar-refractivity contribution in [2.75, 3.05) is 0 Å². The van der Waals surface area contributed by atoms with Crippen LogP contribution in [-0.2, 0) is 17.8 Å². The molecule has 0 spiro atoms. The number of hydrogen-bond acceptors (Lipinski definition) is 2. The molecule has 2 aromatic rings. The third-order valence-corrected chi connectivity index (χ3v) is 3.81. The minimum atomic E-state index is -0.851. The van der Waals surface area contributed by atoms with Gasteiger partial charge in [-0.25, -0.2) is 0 Å². The van der Waals surface area contributed by atoms with Gasteiger partial charge in [-0.1, -0.05) is 47.5 Å². The summed E-state index contributed by atoms with van der Waals surface area (Å²) in [7, 11) is 0. The van der Waals surface area contributed by atoms with Crippen LogP contribution in [0.4, 0.5) is 0 Å². The van der Waals surface area contributed by atoms with Gasteiger partial charge in [-0.3, -0.25) is 4.79 Å². The van der Waals surface area contributed by atoms with Gasteiger partial charge in [0.15, 0.2) is 5.75 Å². The van der Waals surface area contributed by atoms with E-state index in [9.17, 15) is 4.79 Å². The zero-order valence-electron chi connectivity index (χ0n) is 10.8. The highest BCUT2D eigenvalue weighted by molar-refractivity contribution is 9.10. The fraction of sp³-hybridized carbons (Fsp3) is 0.133. The highest BCUT2D eigenvalue weighted by Gasteiger charge is 2.09. The molecule has 21 heavy (non-hydrogen) atoms. The number of carbonyl (C=O) groups is 1. The van der Waals surface area contributed by atoms with E-state index in [2.05, 4.69) is 15.9 Å². The standard InChI is InChI=1S/C15H11BrCl2O3/c16-12-6-11(17)7-13(18)15(12)21-8-10-3-1-9(2-4-10)5-14(19)20/h1-4,6-7H,5,8H2,(H,19,20). The van der Waals surface area contributed by atoms with E-state index >= 15 is 0 Å². The maximum absolute atomic E-state index is 10.6. The normalized spacial score (nSPS) is 10.4. The van der Waals surface area contributed by atoms with Gasteiger partial charge in [0.2, 0.25) is 0 Å². The third-order valence-electron chi connectivity index (χ3n) is 2.72. The highest BCUT2D eigenvalue weighted by Crippen LogP contribution is 2.36. The molecule has 0 saturated heterocycles. The molecule has 1 N–H and O–H groups in total. The summed E-state index contributed by atoms with van der Waals surface area (Å²) in [6, 6.07) is 10.5. The maximum Gasteiger partial charge on any atom is 0.307 e. The van der Waals surface area contributed by atoms with E-state index < -0.39 is 5.97 Å². The molecule has 6 heteroatoms. The first kappa shape index (κ1) is 16.1. The molecule has 2 aromatic carbocycles. The Kier molecular flexibility index (Phi) is 5.51. The van der Waals surface area contributed by atoms with Gasteiger partial charge in [0.25, 0.3) is 0 Å². The average Bonchev–Trinajstić information content (AvgIpc) is 2.38. The van der Waals surface area contributed by atoms with E-state index in [-0.39, 0.29) is 6.42 Å². The van der Waals surface area contributed by atoms with Crippen molar-refractivity contribution in [2.45, 2.75) is 13.0 Å². The van der Waals surface area contributed by atoms with E-state index in [1.165, 1.54) is 0 Å². The van der Waals surface area contributed by atoms with Crippen molar-refractivity contribution in [1.82, 2.24) is 0 Å². The second-order valence-electron chi connectivity index (χ2n) is 4.37. The smallest absolute Gasteiger partial charge is 0.307 e. The molecule has 0 atom stereocenters. The summed E-state index contributed by atoms with van der Waals surface area (Å²) in [5.41, 5.74) is 1.67. The van der Waals surface area contributed by atoms with E-state index in [4.69, 9.17) is 33.0 Å². The van der Waals surface area contributed by atoms with Crippen molar-refractivity contribution in [1.29, 1.82) is 0 Å². The van der Waals surface area contributed by atoms with Crippen molar-refractivity contribution in [3.8, 4) is 5.75 Å². The van der Waals surface area contributed by atoms with Crippen molar-refractivity contribution in [3.05, 3.63) is 62.0 Å². The monoisotopic (exact) mass is 388 g/mol. The molecule has 0 aliphatic heterocycles. The largest absolute Gasteiger partial charge is 0.486 e. The molecule has 0 aromatic heterocycles. The lowest BCUT2D eigenvalue weighted by Gasteiger charge is -2.11. The SMILES string of the molecule is O=C(O)Cc1ccc(COc2c(Cl)cc(Cl)cc2Br)cc1. The first-order valence-electron chi connectivity index (χ1n) is 6.02. The lowest BCUT2D eigenvalue weighted by atomic mass is 10.1. The van der Waals surface area contributed by atoms with Crippen molar-refractivity contribution in [3.63, 3.8) is 0 Å². The molecule has 0 heterocycles. The summed E-state index contributed by atoms with van der Waals surface area (Å²) in [5, 5.41) is 9.67. The van der Waals surface area contributed by atoms with Gasteiger partial charge in [-0.15, -0.1) is 0 Å². The van der Waals surface area contributed by atoms with Gasteiger partial charge >= 0.3 is 5.97 Å². The third kappa shape index (κ3) is 4.63. The predicted molar refractivity (Wildman–Crippen MR) is 86.3 cm³/mol. The van der Waals surface area contributed by atoms with Crippen LogP contribution in [0.5, 0.6) is 5.75 Å². The van der Waals surface area contributed by atoms with E-state index in [0.717, 1.165) is 11.1 Å². The number of ether oxygens (including phenoxy) is 1. The molecule has 0 aliphatic rings. The Morgan fingerprint density at radius 1 is 1.14 bits per heavy atom. The quantitative estimate of drug-likeness (QED) is 0.785. The van der Waals surface area contributed by atoms with Crippen LogP contribution in [0.1, 0.15) is 11.1 Å². The Morgan fingerprint density at radius 2 is 1.76 bits per heavy atom. The van der Waals surface area contributed by atoms with Crippen molar-refractivity contribution >= 4 is 45.1 Å². The molecule has 0 unspecified atom stereocenters. The first-order chi connectivity index (χ1) is 9.95. The molecule has 0 saturated carbocycles. The van der Waals surface area contributed by atoms with Crippen LogP contribution in [0.15, 0.2) is 40.9 Å². The molecule has 2 rings (SSSR count). The van der Waals surface area contributed by atoms with Gasteiger partial charge in [0.1, 0.15) is 6.61 Å². The fourth-order valence-electron chi connectivity index (χ4n) is 1.75. The van der Waals surface area contributed by atoms with Crippen LogP contribution in [0.2, 0.25) is 10.0 Å². The minimum absolute atomic E-state index is 0.00962. The second-order valence-corrected chi connectivity index (χ2v) is 6.07. The molecule has 0 fully saturated rings. The van der Waals surface area contributed by atoms with E-state index in [1.807, 2.05) is 12.1 Å². The second kappa shape index (κ2) is 7.16. The van der Waals surface area contributed by atoms with Crippen LogP contribution in [0.25, 0.3) is 0 Å². The van der Waals surface area contributed by atoms with E-state index in [0.29, 0.717) is 26.9 Å². The van der Waals surface area contributed by atoms with Crippen molar-refractivity contribution in [2.24, 2.45) is 0 Å². The van der Waals surface area contributed by atoms with Crippen LogP contribution in [0, 0.1) is 0 Å². The maximum atomic E-state index is 10.6. The summed E-state index contributed by atoms with van der Waals surface area (Å²) in [6.07, 6.45) is 0.00962. The Balaban J connectivity index is 2.05. The zero-order chi connectivity index (χ0) is 15.4. The Morgan fingerprint density at radius 3 is 2.33 bits per heavy atom. The van der Waals surface area contributed by atoms with Gasteiger partial charge in [0, 0.05) is 5.02 Å². The Bertz CT molecular complexity index is 633. The molecular weight excluding hydrogens is 379 g/mol. The number of carboxylic acid groups (broad SMARTS) is 1. The molecule has 0 aliphatic carbocycles. The van der Waals surface area contributed by atoms with E-state index in [1.54, 1.807) is 24.3 Å². The van der Waals surface area contributed by atoms with Crippen LogP contribution in [-0.4, -0.2) is 11.1 Å². The summed E-state index contributed by atoms with van der Waals surface area (Å²) in [6.45, 7) is 0.327. The number of carboxylic acids is 1. The number of rotatable bonds is 5. The van der Waals surface area contributed by atoms with Gasteiger partial charge in [-0.2, -0.15) is 0 Å². The summed E-state index contributed by atoms with van der Waals surface area (Å²) < 4.78 is 6.36. The molecule has 110 valence electrons. The number of aliphatic carboxylic acids is 1. The lowest BCUT2D eigenvalue weighted by molar-refractivity contribution is -0.136. The predicted octanol–water partition coefficient (Wildman–Crippen LogP) is 4.96. The number of hydrogen-bond donors (Lipinski definition) is 1. The average molecular weight is 390 g/mol. The van der Waals surface area contributed by atoms with Gasteiger partial charge < -0.3 is 9.84 Å². The van der Waals surface area contributed by atoms with Gasteiger partial charge in [0.05, 0.1) is 15.9 Å². The lowest BCUT2D eigenvalue weighted by Crippen LogP contribution is -2.01. The zero-order valence-corrected chi connectivity index (χ0v) is 13.9. The van der Waals surface area contributed by atoms with Crippen LogP contribution < -0.4 is 4.74 Å². The summed E-state index contributed by atoms with van der Waals surface area (Å²) >= 11 is 15.3. The Labute approximate surface area is 140 Å². The topological polar surface area (TPSA) is 46.5 Å². The van der Waals surface area contributed by atoms with Crippen molar-refractivity contribution < 1.29 is 14.6 Å². The molecule has 0 amide bonds. The minimum Gasteiger partial charge on any atom is -0.486 e. The van der Waals surface area contributed by atoms with Crippen LogP contribution >= 0.6 is 39.1 Å². The summed E-state index contributed by atoms with van der Waals surface area (Å²) in [5.74, 6) is -0.327.